The summed E-state index contributed by atoms with van der Waals surface area (Å²) in [6.07, 6.45) is 0. The van der Waals surface area contributed by atoms with Crippen molar-refractivity contribution in [3.05, 3.63) is 0 Å². The van der Waals surface area contributed by atoms with Crippen LogP contribution in [-0.2, 0) is 14.3 Å². The first-order chi connectivity index (χ1) is 5.27. The summed E-state index contributed by atoms with van der Waals surface area (Å²) in [5.41, 5.74) is 0. The maximum absolute atomic E-state index is 10.3. The van der Waals surface area contributed by atoms with E-state index in [0.29, 0.717) is 19.8 Å². The summed E-state index contributed by atoms with van der Waals surface area (Å²) in [5.74, 6) is -0.237. The Kier molecular flexibility index (Phi) is 7.08. The average molecular weight is 161 g/mol. The zero-order valence-corrected chi connectivity index (χ0v) is 7.05. The van der Waals surface area contributed by atoms with Crippen LogP contribution in [-0.4, -0.2) is 39.4 Å². The van der Waals surface area contributed by atoms with Crippen molar-refractivity contribution in [2.45, 2.75) is 6.92 Å². The van der Waals surface area contributed by atoms with Gasteiger partial charge in [0.25, 0.3) is 0 Å². The molecule has 0 radical (unpaired) electrons. The molecule has 0 amide bonds. The molecule has 0 saturated heterocycles. The molecule has 0 bridgehead atoms. The molecular formula is C7H15NO3. The normalized spacial score (nSPS) is 9.64. The molecule has 0 rings (SSSR count). The Hall–Kier alpha value is -0.610. The second-order valence-corrected chi connectivity index (χ2v) is 2.08. The van der Waals surface area contributed by atoms with Crippen molar-refractivity contribution in [3.63, 3.8) is 0 Å². The van der Waals surface area contributed by atoms with Crippen molar-refractivity contribution in [3.8, 4) is 0 Å². The van der Waals surface area contributed by atoms with Crippen LogP contribution in [0.1, 0.15) is 6.92 Å². The minimum atomic E-state index is -0.237. The number of carbonyl (C=O) groups excluding carboxylic acids is 1. The fraction of sp³-hybridized carbons (Fsp3) is 0.857. The first kappa shape index (κ1) is 10.4. The van der Waals surface area contributed by atoms with Gasteiger partial charge in [0, 0.05) is 27.1 Å². The van der Waals surface area contributed by atoms with Crippen molar-refractivity contribution in [1.82, 2.24) is 5.32 Å². The largest absolute Gasteiger partial charge is 0.465 e. The molecule has 0 saturated carbocycles. The summed E-state index contributed by atoms with van der Waals surface area (Å²) in [6.45, 7) is 3.98. The molecule has 0 aliphatic heterocycles. The molecule has 0 spiro atoms. The minimum Gasteiger partial charge on any atom is -0.465 e. The highest BCUT2D eigenvalue weighted by molar-refractivity contribution is 5.65. The van der Waals surface area contributed by atoms with Crippen molar-refractivity contribution in [2.24, 2.45) is 0 Å². The van der Waals surface area contributed by atoms with E-state index in [9.17, 15) is 4.79 Å². The molecule has 66 valence electrons. The molecule has 0 aromatic heterocycles. The average Bonchev–Trinajstić information content (AvgIpc) is 1.96. The van der Waals surface area contributed by atoms with E-state index >= 15 is 0 Å². The van der Waals surface area contributed by atoms with E-state index in [2.05, 4.69) is 10.1 Å². The predicted octanol–water partition coefficient (Wildman–Crippen LogP) is -0.215. The van der Waals surface area contributed by atoms with Crippen LogP contribution >= 0.6 is 0 Å². The Morgan fingerprint density at radius 2 is 2.00 bits per heavy atom. The highest BCUT2D eigenvalue weighted by Crippen LogP contribution is 1.73. The van der Waals surface area contributed by atoms with Crippen LogP contribution in [0.3, 0.4) is 0 Å². The Morgan fingerprint density at radius 1 is 1.36 bits per heavy atom. The van der Waals surface area contributed by atoms with Gasteiger partial charge >= 0.3 is 5.97 Å². The summed E-state index contributed by atoms with van der Waals surface area (Å²) < 4.78 is 9.48. The Bertz CT molecular complexity index is 106. The third-order valence-corrected chi connectivity index (χ3v) is 1.07. The maximum atomic E-state index is 10.3. The van der Waals surface area contributed by atoms with Crippen LogP contribution < -0.4 is 5.32 Å². The number of ether oxygens (including phenoxy) is 2. The zero-order valence-electron chi connectivity index (χ0n) is 7.05. The second kappa shape index (κ2) is 7.50. The van der Waals surface area contributed by atoms with Gasteiger partial charge in [-0.25, -0.2) is 0 Å². The van der Waals surface area contributed by atoms with Crippen molar-refractivity contribution >= 4 is 5.97 Å². The molecule has 11 heavy (non-hydrogen) atoms. The topological polar surface area (TPSA) is 47.6 Å². The monoisotopic (exact) mass is 161 g/mol. The highest BCUT2D eigenvalue weighted by atomic mass is 16.5. The van der Waals surface area contributed by atoms with E-state index in [4.69, 9.17) is 4.74 Å². The van der Waals surface area contributed by atoms with Crippen molar-refractivity contribution in [2.75, 3.05) is 33.4 Å². The molecule has 0 aromatic carbocycles. The van der Waals surface area contributed by atoms with Gasteiger partial charge in [0.05, 0.1) is 6.61 Å². The lowest BCUT2D eigenvalue weighted by molar-refractivity contribution is -0.140. The minimum absolute atomic E-state index is 0.237. The zero-order chi connectivity index (χ0) is 8.53. The molecule has 4 nitrogen and oxygen atoms in total. The number of nitrogens with one attached hydrogen (secondary N) is 1. The summed E-state index contributed by atoms with van der Waals surface area (Å²) in [4.78, 5) is 10.3. The number of methoxy groups -OCH3 is 1. The van der Waals surface area contributed by atoms with Crippen LogP contribution in [0.25, 0.3) is 0 Å². The van der Waals surface area contributed by atoms with Crippen LogP contribution in [0.5, 0.6) is 0 Å². The molecular weight excluding hydrogens is 146 g/mol. The van der Waals surface area contributed by atoms with Gasteiger partial charge in [-0.05, 0) is 0 Å². The predicted molar refractivity (Wildman–Crippen MR) is 41.4 cm³/mol. The van der Waals surface area contributed by atoms with E-state index in [1.807, 2.05) is 0 Å². The molecule has 4 heteroatoms. The van der Waals surface area contributed by atoms with E-state index in [1.54, 1.807) is 7.11 Å². The van der Waals surface area contributed by atoms with Crippen molar-refractivity contribution in [1.29, 1.82) is 0 Å². The maximum Gasteiger partial charge on any atom is 0.302 e. The third-order valence-electron chi connectivity index (χ3n) is 1.07. The first-order valence-electron chi connectivity index (χ1n) is 3.60. The fourth-order valence-corrected chi connectivity index (χ4v) is 0.566. The van der Waals surface area contributed by atoms with Gasteiger partial charge in [-0.2, -0.15) is 0 Å². The molecule has 0 aliphatic carbocycles. The standard InChI is InChI=1S/C7H15NO3/c1-7(9)11-6-4-8-3-5-10-2/h8H,3-6H2,1-2H3. The second-order valence-electron chi connectivity index (χ2n) is 2.08. The molecule has 0 aromatic rings. The third kappa shape index (κ3) is 9.39. The van der Waals surface area contributed by atoms with E-state index in [0.717, 1.165) is 6.54 Å². The summed E-state index contributed by atoms with van der Waals surface area (Å²) >= 11 is 0. The van der Waals surface area contributed by atoms with E-state index in [1.165, 1.54) is 6.92 Å². The number of hydrogen-bond donors (Lipinski definition) is 1. The summed E-state index contributed by atoms with van der Waals surface area (Å²) in [5, 5.41) is 3.04. The Balaban J connectivity index is 2.85. The smallest absolute Gasteiger partial charge is 0.302 e. The van der Waals surface area contributed by atoms with Gasteiger partial charge in [0.2, 0.25) is 0 Å². The SMILES string of the molecule is COCCNCCOC(C)=O. The number of carbonyl (C=O) groups is 1. The Morgan fingerprint density at radius 3 is 2.55 bits per heavy atom. The molecule has 0 heterocycles. The van der Waals surface area contributed by atoms with Crippen molar-refractivity contribution < 1.29 is 14.3 Å². The number of esters is 1. The van der Waals surface area contributed by atoms with Gasteiger partial charge in [0.15, 0.2) is 0 Å². The molecule has 1 N–H and O–H groups in total. The van der Waals surface area contributed by atoms with Crippen LogP contribution in [0.4, 0.5) is 0 Å². The van der Waals surface area contributed by atoms with Gasteiger partial charge in [-0.15, -0.1) is 0 Å². The summed E-state index contributed by atoms with van der Waals surface area (Å²) in [7, 11) is 1.65. The Labute approximate surface area is 66.9 Å². The fourth-order valence-electron chi connectivity index (χ4n) is 0.566. The number of rotatable bonds is 6. The quantitative estimate of drug-likeness (QED) is 0.432. The van der Waals surface area contributed by atoms with Gasteiger partial charge in [-0.1, -0.05) is 0 Å². The van der Waals surface area contributed by atoms with Crippen LogP contribution in [0, 0.1) is 0 Å². The van der Waals surface area contributed by atoms with Gasteiger partial charge in [0.1, 0.15) is 6.61 Å². The molecule has 0 aliphatic rings. The van der Waals surface area contributed by atoms with E-state index < -0.39 is 0 Å². The molecule has 0 fully saturated rings. The lowest BCUT2D eigenvalue weighted by atomic mass is 10.6. The van der Waals surface area contributed by atoms with Gasteiger partial charge < -0.3 is 14.8 Å². The lowest BCUT2D eigenvalue weighted by Crippen LogP contribution is -2.24. The lowest BCUT2D eigenvalue weighted by Gasteiger charge is -2.03. The first-order valence-corrected chi connectivity index (χ1v) is 3.60. The van der Waals surface area contributed by atoms with Crippen LogP contribution in [0.2, 0.25) is 0 Å². The highest BCUT2D eigenvalue weighted by Gasteiger charge is 1.90. The van der Waals surface area contributed by atoms with E-state index in [-0.39, 0.29) is 5.97 Å². The molecule has 0 unspecified atom stereocenters. The van der Waals surface area contributed by atoms with Gasteiger partial charge in [-0.3, -0.25) is 4.79 Å². The van der Waals surface area contributed by atoms with Crippen LogP contribution in [0.15, 0.2) is 0 Å². The summed E-state index contributed by atoms with van der Waals surface area (Å²) in [6, 6.07) is 0. The number of hydrogen-bond acceptors (Lipinski definition) is 4. The molecule has 0 atom stereocenters.